The molecule has 0 bridgehead atoms. The van der Waals surface area contributed by atoms with Crippen molar-refractivity contribution in [1.29, 1.82) is 0 Å². The summed E-state index contributed by atoms with van der Waals surface area (Å²) < 4.78 is 43.6. The first-order valence-electron chi connectivity index (χ1n) is 10.1. The number of hydrogen-bond donors (Lipinski definition) is 1. The number of nitrogens with zero attached hydrogens (tertiary/aromatic N) is 2. The van der Waals surface area contributed by atoms with Gasteiger partial charge in [-0.2, -0.15) is 0 Å². The average Bonchev–Trinajstić information content (AvgIpc) is 2.87. The number of hydrogen-bond acceptors (Lipinski definition) is 8. The Hall–Kier alpha value is -4.32. The van der Waals surface area contributed by atoms with Gasteiger partial charge in [0.2, 0.25) is 5.91 Å². The molecule has 3 aromatic rings. The lowest BCUT2D eigenvalue weighted by Gasteiger charge is -2.25. The molecule has 0 heterocycles. The van der Waals surface area contributed by atoms with Crippen molar-refractivity contribution >= 4 is 33.0 Å². The maximum atomic E-state index is 13.5. The van der Waals surface area contributed by atoms with Crippen molar-refractivity contribution in [2.45, 2.75) is 4.90 Å². The number of rotatable bonds is 10. The number of carbonyl (C=O) groups is 1. The van der Waals surface area contributed by atoms with E-state index < -0.39 is 27.4 Å². The summed E-state index contributed by atoms with van der Waals surface area (Å²) in [6.07, 6.45) is 0. The number of carbonyl (C=O) groups excluding carboxylic acids is 1. The van der Waals surface area contributed by atoms with Crippen LogP contribution in [0.2, 0.25) is 0 Å². The Morgan fingerprint density at radius 1 is 0.914 bits per heavy atom. The van der Waals surface area contributed by atoms with Gasteiger partial charge in [0.1, 0.15) is 12.3 Å². The van der Waals surface area contributed by atoms with E-state index in [9.17, 15) is 23.3 Å². The zero-order valence-corrected chi connectivity index (χ0v) is 19.9. The Kier molecular flexibility index (Phi) is 7.76. The van der Waals surface area contributed by atoms with Crippen LogP contribution in [0.25, 0.3) is 0 Å². The molecule has 11 nitrogen and oxygen atoms in total. The normalized spacial score (nSPS) is 10.8. The zero-order valence-electron chi connectivity index (χ0n) is 19.1. The van der Waals surface area contributed by atoms with Gasteiger partial charge in [-0.15, -0.1) is 0 Å². The fourth-order valence-corrected chi connectivity index (χ4v) is 4.68. The number of nitro groups is 1. The highest BCUT2D eigenvalue weighted by molar-refractivity contribution is 7.92. The largest absolute Gasteiger partial charge is 0.495 e. The van der Waals surface area contributed by atoms with E-state index in [0.717, 1.165) is 10.4 Å². The summed E-state index contributed by atoms with van der Waals surface area (Å²) in [6, 6.07) is 15.7. The van der Waals surface area contributed by atoms with Gasteiger partial charge in [0, 0.05) is 18.2 Å². The lowest BCUT2D eigenvalue weighted by atomic mass is 10.2. The van der Waals surface area contributed by atoms with E-state index in [-0.39, 0.29) is 33.5 Å². The highest BCUT2D eigenvalue weighted by Crippen LogP contribution is 2.34. The number of non-ortho nitro benzene ring substituents is 1. The second-order valence-electron chi connectivity index (χ2n) is 7.05. The number of amides is 1. The Morgan fingerprint density at radius 2 is 1.54 bits per heavy atom. The summed E-state index contributed by atoms with van der Waals surface area (Å²) in [4.78, 5) is 23.5. The molecule has 0 aliphatic rings. The first kappa shape index (κ1) is 25.3. The van der Waals surface area contributed by atoms with Crippen molar-refractivity contribution in [3.05, 3.63) is 76.8 Å². The fourth-order valence-electron chi connectivity index (χ4n) is 3.24. The van der Waals surface area contributed by atoms with Crippen LogP contribution in [0.1, 0.15) is 0 Å². The monoisotopic (exact) mass is 501 g/mol. The predicted molar refractivity (Wildman–Crippen MR) is 129 cm³/mol. The van der Waals surface area contributed by atoms with E-state index in [4.69, 9.17) is 14.2 Å². The smallest absolute Gasteiger partial charge is 0.271 e. The number of benzene rings is 3. The topological polar surface area (TPSA) is 137 Å². The Bertz CT molecular complexity index is 1330. The van der Waals surface area contributed by atoms with Crippen molar-refractivity contribution in [1.82, 2.24) is 0 Å². The van der Waals surface area contributed by atoms with Gasteiger partial charge in [0.05, 0.1) is 42.5 Å². The lowest BCUT2D eigenvalue weighted by Crippen LogP contribution is -2.38. The number of anilines is 2. The lowest BCUT2D eigenvalue weighted by molar-refractivity contribution is -0.384. The van der Waals surface area contributed by atoms with Crippen LogP contribution in [0.4, 0.5) is 17.1 Å². The first-order valence-corrected chi connectivity index (χ1v) is 11.6. The van der Waals surface area contributed by atoms with Crippen molar-refractivity contribution in [3.8, 4) is 17.2 Å². The molecule has 0 saturated heterocycles. The molecule has 1 N–H and O–H groups in total. The first-order chi connectivity index (χ1) is 16.7. The zero-order chi connectivity index (χ0) is 25.6. The molecule has 0 fully saturated rings. The Balaban J connectivity index is 2.02. The third-order valence-corrected chi connectivity index (χ3v) is 6.73. The highest BCUT2D eigenvalue weighted by Gasteiger charge is 2.28. The second kappa shape index (κ2) is 10.7. The molecule has 3 aromatic carbocycles. The fraction of sp³-hybridized carbons (Fsp3) is 0.174. The summed E-state index contributed by atoms with van der Waals surface area (Å²) in [6.45, 7) is -0.640. The number of methoxy groups -OCH3 is 3. The Morgan fingerprint density at radius 3 is 2.14 bits per heavy atom. The summed E-state index contributed by atoms with van der Waals surface area (Å²) in [5.74, 6) is 0.0590. The number of ether oxygens (including phenoxy) is 3. The van der Waals surface area contributed by atoms with Crippen LogP contribution in [0.3, 0.4) is 0 Å². The maximum Gasteiger partial charge on any atom is 0.271 e. The standard InChI is InChI=1S/C23H23N3O8S/c1-32-20-11-10-17(26(28)29)13-19(20)24-23(27)15-25(35(30,31)18-7-5-4-6-8-18)16-9-12-21(33-2)22(14-16)34-3/h4-14H,15H2,1-3H3,(H,24,27). The summed E-state index contributed by atoms with van der Waals surface area (Å²) in [7, 11) is -0.00465. The molecule has 3 rings (SSSR count). The van der Waals surface area contributed by atoms with Gasteiger partial charge >= 0.3 is 0 Å². The molecule has 0 atom stereocenters. The molecule has 0 aromatic heterocycles. The molecule has 184 valence electrons. The molecule has 0 aliphatic carbocycles. The minimum atomic E-state index is -4.19. The van der Waals surface area contributed by atoms with Crippen molar-refractivity contribution < 1.29 is 32.3 Å². The van der Waals surface area contributed by atoms with Gasteiger partial charge in [-0.25, -0.2) is 8.42 Å². The predicted octanol–water partition coefficient (Wildman–Crippen LogP) is 3.45. The Labute approximate surface area is 202 Å². The molecular weight excluding hydrogens is 478 g/mol. The van der Waals surface area contributed by atoms with Gasteiger partial charge < -0.3 is 19.5 Å². The maximum absolute atomic E-state index is 13.5. The van der Waals surface area contributed by atoms with Crippen LogP contribution in [0, 0.1) is 10.1 Å². The molecule has 1 amide bonds. The minimum absolute atomic E-state index is 0.0241. The van der Waals surface area contributed by atoms with E-state index in [0.29, 0.717) is 5.75 Å². The van der Waals surface area contributed by atoms with Crippen LogP contribution in [0.15, 0.2) is 71.6 Å². The van der Waals surface area contributed by atoms with Crippen LogP contribution < -0.4 is 23.8 Å². The van der Waals surface area contributed by atoms with Crippen molar-refractivity contribution in [2.75, 3.05) is 37.5 Å². The van der Waals surface area contributed by atoms with Gasteiger partial charge in [-0.05, 0) is 30.3 Å². The summed E-state index contributed by atoms with van der Waals surface area (Å²) in [5.41, 5.74) is -0.0986. The molecule has 35 heavy (non-hydrogen) atoms. The summed E-state index contributed by atoms with van der Waals surface area (Å²) >= 11 is 0. The van der Waals surface area contributed by atoms with Crippen molar-refractivity contribution in [3.63, 3.8) is 0 Å². The van der Waals surface area contributed by atoms with Crippen LogP contribution in [-0.4, -0.2) is 47.1 Å². The van der Waals surface area contributed by atoms with Gasteiger partial charge in [0.15, 0.2) is 11.5 Å². The SMILES string of the molecule is COc1ccc([N+](=O)[O-])cc1NC(=O)CN(c1ccc(OC)c(OC)c1)S(=O)(=O)c1ccccc1. The van der Waals surface area contributed by atoms with E-state index >= 15 is 0 Å². The molecule has 0 aliphatic heterocycles. The van der Waals surface area contributed by atoms with Crippen molar-refractivity contribution in [2.24, 2.45) is 0 Å². The quantitative estimate of drug-likeness (QED) is 0.329. The molecule has 0 radical (unpaired) electrons. The second-order valence-corrected chi connectivity index (χ2v) is 8.92. The van der Waals surface area contributed by atoms with E-state index in [1.54, 1.807) is 18.2 Å². The van der Waals surface area contributed by atoms with Crippen LogP contribution >= 0.6 is 0 Å². The average molecular weight is 502 g/mol. The molecule has 0 unspecified atom stereocenters. The van der Waals surface area contributed by atoms with Crippen LogP contribution in [-0.2, 0) is 14.8 Å². The van der Waals surface area contributed by atoms with Gasteiger partial charge in [-0.1, -0.05) is 18.2 Å². The van der Waals surface area contributed by atoms with E-state index in [2.05, 4.69) is 5.32 Å². The van der Waals surface area contributed by atoms with Crippen LogP contribution in [0.5, 0.6) is 17.2 Å². The van der Waals surface area contributed by atoms with Gasteiger partial charge in [-0.3, -0.25) is 19.2 Å². The minimum Gasteiger partial charge on any atom is -0.495 e. The van der Waals surface area contributed by atoms with E-state index in [1.807, 2.05) is 0 Å². The number of nitro benzene ring substituents is 1. The number of sulfonamides is 1. The van der Waals surface area contributed by atoms with E-state index in [1.165, 1.54) is 63.8 Å². The number of nitrogens with one attached hydrogen (secondary N) is 1. The molecule has 0 saturated carbocycles. The molecule has 0 spiro atoms. The third kappa shape index (κ3) is 5.61. The molecule has 12 heteroatoms. The summed E-state index contributed by atoms with van der Waals surface area (Å²) in [5, 5.41) is 13.6. The molecular formula is C23H23N3O8S. The third-order valence-electron chi connectivity index (χ3n) is 4.94. The highest BCUT2D eigenvalue weighted by atomic mass is 32.2. The van der Waals surface area contributed by atoms with Gasteiger partial charge in [0.25, 0.3) is 15.7 Å².